The van der Waals surface area contributed by atoms with Gasteiger partial charge in [0.05, 0.1) is 0 Å². The normalized spacial score (nSPS) is 20.0. The van der Waals surface area contributed by atoms with Crippen molar-refractivity contribution in [1.82, 2.24) is 0 Å². The molecule has 4 nitrogen and oxygen atoms in total. The first-order chi connectivity index (χ1) is 7.58. The van der Waals surface area contributed by atoms with Crippen LogP contribution in [0.4, 0.5) is 0 Å². The van der Waals surface area contributed by atoms with Crippen LogP contribution < -0.4 is 0 Å². The van der Waals surface area contributed by atoms with Gasteiger partial charge >= 0.3 is 0 Å². The second kappa shape index (κ2) is 3.66. The third-order valence-electron chi connectivity index (χ3n) is 2.19. The van der Waals surface area contributed by atoms with Gasteiger partial charge in [-0.1, -0.05) is 0 Å². The number of hydrogen-bond donors (Lipinski definition) is 0. The van der Waals surface area contributed by atoms with Crippen LogP contribution in [0.5, 0.6) is 0 Å². The number of ketones is 4. The van der Waals surface area contributed by atoms with Gasteiger partial charge in [-0.2, -0.15) is 0 Å². The smallest absolute Gasteiger partial charge is 0.186 e. The number of rotatable bonds is 1. The fourth-order valence-electron chi connectivity index (χ4n) is 1.44. The molecule has 0 unspecified atom stereocenters. The molecule has 0 heterocycles. The number of hydrogen-bond acceptors (Lipinski definition) is 4. The van der Waals surface area contributed by atoms with Gasteiger partial charge in [-0.25, -0.2) is 0 Å². The lowest BCUT2D eigenvalue weighted by atomic mass is 9.90. The van der Waals surface area contributed by atoms with Crippen LogP contribution in [0.3, 0.4) is 0 Å². The molecule has 78 valence electrons. The molecule has 2 aliphatic carbocycles. The standard InChI is InChI=1S/C12H6O4/c13-7-1-3-11(15)9(5-7)10-6-8(14)2-4-12(10)16/h1-6H. The Kier molecular flexibility index (Phi) is 2.32. The van der Waals surface area contributed by atoms with Gasteiger partial charge < -0.3 is 0 Å². The molecule has 4 heteroatoms. The molecule has 0 fully saturated rings. The van der Waals surface area contributed by atoms with Crippen LogP contribution in [0.1, 0.15) is 0 Å². The highest BCUT2D eigenvalue weighted by molar-refractivity contribution is 6.28. The molecule has 0 amide bonds. The van der Waals surface area contributed by atoms with Crippen LogP contribution in [0, 0.1) is 0 Å². The van der Waals surface area contributed by atoms with Crippen LogP contribution in [0.25, 0.3) is 0 Å². The summed E-state index contributed by atoms with van der Waals surface area (Å²) in [6.45, 7) is 0. The van der Waals surface area contributed by atoms with Crippen LogP contribution >= 0.6 is 0 Å². The summed E-state index contributed by atoms with van der Waals surface area (Å²) in [5.74, 6) is -1.62. The maximum absolute atomic E-state index is 11.5. The van der Waals surface area contributed by atoms with Crippen LogP contribution in [0.15, 0.2) is 47.6 Å². The van der Waals surface area contributed by atoms with Crippen molar-refractivity contribution in [2.24, 2.45) is 0 Å². The summed E-state index contributed by atoms with van der Waals surface area (Å²) in [4.78, 5) is 45.1. The summed E-state index contributed by atoms with van der Waals surface area (Å²) in [7, 11) is 0. The fraction of sp³-hybridized carbons (Fsp3) is 0. The van der Waals surface area contributed by atoms with E-state index in [0.29, 0.717) is 0 Å². The summed E-state index contributed by atoms with van der Waals surface area (Å²) in [6, 6.07) is 0. The molecule has 0 aromatic rings. The Bertz CT molecular complexity index is 491. The highest BCUT2D eigenvalue weighted by Gasteiger charge is 2.23. The van der Waals surface area contributed by atoms with E-state index in [4.69, 9.17) is 0 Å². The molecular weight excluding hydrogens is 208 g/mol. The Balaban J connectivity index is 2.46. The SMILES string of the molecule is O=C1C=CC(=O)C(C2=CC(=O)C=CC2=O)=C1. The molecule has 0 aromatic heterocycles. The summed E-state index contributed by atoms with van der Waals surface area (Å²) in [6.07, 6.45) is 6.56. The second-order valence-corrected chi connectivity index (χ2v) is 3.32. The van der Waals surface area contributed by atoms with Gasteiger partial charge in [0.15, 0.2) is 23.1 Å². The van der Waals surface area contributed by atoms with E-state index in [1.54, 1.807) is 0 Å². The first kappa shape index (κ1) is 10.2. The maximum atomic E-state index is 11.5. The van der Waals surface area contributed by atoms with Crippen LogP contribution in [-0.2, 0) is 19.2 Å². The molecule has 0 atom stereocenters. The van der Waals surface area contributed by atoms with Crippen molar-refractivity contribution in [2.75, 3.05) is 0 Å². The van der Waals surface area contributed by atoms with Crippen molar-refractivity contribution in [3.05, 3.63) is 47.6 Å². The summed E-state index contributed by atoms with van der Waals surface area (Å²) < 4.78 is 0. The highest BCUT2D eigenvalue weighted by Crippen LogP contribution is 2.19. The van der Waals surface area contributed by atoms with Crippen LogP contribution in [-0.4, -0.2) is 23.1 Å². The van der Waals surface area contributed by atoms with Crippen molar-refractivity contribution in [3.8, 4) is 0 Å². The minimum Gasteiger partial charge on any atom is -0.290 e. The second-order valence-electron chi connectivity index (χ2n) is 3.32. The average Bonchev–Trinajstić information content (AvgIpc) is 2.25. The van der Waals surface area contributed by atoms with Crippen molar-refractivity contribution >= 4 is 23.1 Å². The minimum absolute atomic E-state index is 0.0183. The molecule has 0 bridgehead atoms. The average molecular weight is 214 g/mol. The lowest BCUT2D eigenvalue weighted by Crippen LogP contribution is -2.17. The van der Waals surface area contributed by atoms with Crippen molar-refractivity contribution in [2.45, 2.75) is 0 Å². The zero-order valence-electron chi connectivity index (χ0n) is 8.10. The molecule has 2 rings (SSSR count). The first-order valence-electron chi connectivity index (χ1n) is 4.54. The third kappa shape index (κ3) is 1.72. The fourth-order valence-corrected chi connectivity index (χ4v) is 1.44. The van der Waals surface area contributed by atoms with Gasteiger partial charge in [-0.3, -0.25) is 19.2 Å². The molecule has 0 saturated heterocycles. The van der Waals surface area contributed by atoms with E-state index in [9.17, 15) is 19.2 Å². The van der Waals surface area contributed by atoms with E-state index in [1.807, 2.05) is 0 Å². The molecule has 16 heavy (non-hydrogen) atoms. The lowest BCUT2D eigenvalue weighted by molar-refractivity contribution is -0.116. The molecular formula is C12H6O4. The summed E-state index contributed by atoms with van der Waals surface area (Å²) in [5.41, 5.74) is -0.0367. The topological polar surface area (TPSA) is 68.3 Å². The molecule has 0 aromatic carbocycles. The first-order valence-corrected chi connectivity index (χ1v) is 4.54. The largest absolute Gasteiger partial charge is 0.290 e. The molecule has 0 aliphatic heterocycles. The van der Waals surface area contributed by atoms with Gasteiger partial charge in [-0.05, 0) is 36.5 Å². The van der Waals surface area contributed by atoms with Crippen molar-refractivity contribution < 1.29 is 19.2 Å². The monoisotopic (exact) mass is 214 g/mol. The quantitative estimate of drug-likeness (QED) is 0.587. The van der Waals surface area contributed by atoms with E-state index < -0.39 is 11.6 Å². The summed E-state index contributed by atoms with van der Waals surface area (Å²) >= 11 is 0. The van der Waals surface area contributed by atoms with Crippen molar-refractivity contribution in [3.63, 3.8) is 0 Å². The van der Waals surface area contributed by atoms with Crippen molar-refractivity contribution in [1.29, 1.82) is 0 Å². The molecule has 0 N–H and O–H groups in total. The van der Waals surface area contributed by atoms with Gasteiger partial charge in [0.1, 0.15) is 0 Å². The molecule has 0 saturated carbocycles. The summed E-state index contributed by atoms with van der Waals surface area (Å²) in [5, 5.41) is 0. The molecule has 2 aliphatic rings. The van der Waals surface area contributed by atoms with E-state index in [2.05, 4.69) is 0 Å². The number of allylic oxidation sites excluding steroid dienone is 8. The lowest BCUT2D eigenvalue weighted by Gasteiger charge is -2.10. The van der Waals surface area contributed by atoms with E-state index in [0.717, 1.165) is 36.5 Å². The van der Waals surface area contributed by atoms with E-state index in [-0.39, 0.29) is 22.7 Å². The van der Waals surface area contributed by atoms with E-state index in [1.165, 1.54) is 0 Å². The minimum atomic E-state index is -0.442. The Morgan fingerprint density at radius 2 is 0.938 bits per heavy atom. The van der Waals surface area contributed by atoms with Gasteiger partial charge in [0.2, 0.25) is 0 Å². The maximum Gasteiger partial charge on any atom is 0.186 e. The Morgan fingerprint density at radius 3 is 1.31 bits per heavy atom. The number of carbonyl (C=O) groups is 4. The predicted molar refractivity (Wildman–Crippen MR) is 54.5 cm³/mol. The van der Waals surface area contributed by atoms with E-state index >= 15 is 0 Å². The number of carbonyl (C=O) groups excluding carboxylic acids is 4. The molecule has 0 spiro atoms. The van der Waals surface area contributed by atoms with Crippen LogP contribution in [0.2, 0.25) is 0 Å². The zero-order chi connectivity index (χ0) is 11.7. The van der Waals surface area contributed by atoms with Gasteiger partial charge in [-0.15, -0.1) is 0 Å². The predicted octanol–water partition coefficient (Wildman–Crippen LogP) is 0.255. The van der Waals surface area contributed by atoms with Gasteiger partial charge in [0.25, 0.3) is 0 Å². The Labute approximate surface area is 90.6 Å². The Hall–Kier alpha value is -2.36. The highest BCUT2D eigenvalue weighted by atomic mass is 16.1. The third-order valence-corrected chi connectivity index (χ3v) is 2.19. The molecule has 0 radical (unpaired) electrons. The van der Waals surface area contributed by atoms with Gasteiger partial charge in [0, 0.05) is 11.1 Å². The zero-order valence-corrected chi connectivity index (χ0v) is 8.10. The Morgan fingerprint density at radius 1 is 0.562 bits per heavy atom.